The number of carbonyl (C=O) groups excluding carboxylic acids is 2. The predicted octanol–water partition coefficient (Wildman–Crippen LogP) is 2.79. The Bertz CT molecular complexity index is 1290. The number of hydrogen-bond acceptors (Lipinski definition) is 6. The molecule has 1 aromatic heterocycles. The first kappa shape index (κ1) is 22.9. The Hall–Kier alpha value is -4.31. The summed E-state index contributed by atoms with van der Waals surface area (Å²) >= 11 is 0. The molecule has 174 valence electrons. The molecule has 1 aliphatic rings. The van der Waals surface area contributed by atoms with Crippen molar-refractivity contribution in [2.24, 2.45) is 0 Å². The number of aromatic nitrogens is 2. The molecule has 0 fully saturated rings. The van der Waals surface area contributed by atoms with E-state index in [1.807, 2.05) is 19.0 Å². The van der Waals surface area contributed by atoms with Crippen molar-refractivity contribution in [3.63, 3.8) is 0 Å². The monoisotopic (exact) mass is 460 g/mol. The van der Waals surface area contributed by atoms with Gasteiger partial charge in [0.1, 0.15) is 5.56 Å². The van der Waals surface area contributed by atoms with Gasteiger partial charge in [0.25, 0.3) is 5.91 Å². The molecule has 10 heteroatoms. The number of hydrogen-bond donors (Lipinski definition) is 2. The summed E-state index contributed by atoms with van der Waals surface area (Å²) in [5, 5.41) is 21.5. The Morgan fingerprint density at radius 3 is 2.85 bits per heavy atom. The summed E-state index contributed by atoms with van der Waals surface area (Å²) in [6.45, 7) is 1.17. The predicted molar refractivity (Wildman–Crippen MR) is 128 cm³/mol. The number of likely N-dealkylation sites (N-methyl/N-ethyl adjacent to an activating group) is 1. The molecule has 1 aliphatic heterocycles. The van der Waals surface area contributed by atoms with E-state index in [0.29, 0.717) is 47.6 Å². The van der Waals surface area contributed by atoms with E-state index in [-0.39, 0.29) is 17.6 Å². The van der Waals surface area contributed by atoms with E-state index < -0.39 is 4.92 Å². The standard InChI is InChI=1S/C24H24N6O4/c1-28(2)12-4-7-22(31)26-18-5-3-6-19(14-18)29-15-21(23(27-29)30(33)34)16-8-9-20-17(13-16)10-11-25-24(20)32/h3-9,13-15H,10-12H2,1-2H3,(H,25,32)(H,26,31)/b7-4+. The van der Waals surface area contributed by atoms with Crippen LogP contribution in [0.3, 0.4) is 0 Å². The Balaban J connectivity index is 1.63. The van der Waals surface area contributed by atoms with Crippen molar-refractivity contribution in [1.29, 1.82) is 0 Å². The first-order valence-electron chi connectivity index (χ1n) is 10.7. The Morgan fingerprint density at radius 1 is 1.26 bits per heavy atom. The van der Waals surface area contributed by atoms with Crippen LogP contribution in [0.4, 0.5) is 11.5 Å². The second-order valence-electron chi connectivity index (χ2n) is 8.15. The van der Waals surface area contributed by atoms with Crippen molar-refractivity contribution in [2.75, 3.05) is 32.5 Å². The molecule has 2 aromatic carbocycles. The van der Waals surface area contributed by atoms with Gasteiger partial charge in [-0.05, 0) is 66.9 Å². The SMILES string of the molecule is CN(C)C/C=C/C(=O)Nc1cccc(-n2cc(-c3ccc4c(c3)CCNC4=O)c([N+](=O)[O-])n2)c1. The Kier molecular flexibility index (Phi) is 6.51. The third-order valence-electron chi connectivity index (χ3n) is 5.33. The van der Waals surface area contributed by atoms with Gasteiger partial charge < -0.3 is 25.6 Å². The van der Waals surface area contributed by atoms with Crippen molar-refractivity contribution < 1.29 is 14.5 Å². The van der Waals surface area contributed by atoms with Crippen molar-refractivity contribution in [2.45, 2.75) is 6.42 Å². The van der Waals surface area contributed by atoms with Gasteiger partial charge in [-0.2, -0.15) is 0 Å². The topological polar surface area (TPSA) is 122 Å². The lowest BCUT2D eigenvalue weighted by atomic mass is 9.96. The van der Waals surface area contributed by atoms with Crippen LogP contribution in [-0.2, 0) is 11.2 Å². The molecule has 2 N–H and O–H groups in total. The average Bonchev–Trinajstić information content (AvgIpc) is 3.25. The van der Waals surface area contributed by atoms with E-state index in [1.165, 1.54) is 10.8 Å². The molecule has 0 saturated carbocycles. The highest BCUT2D eigenvalue weighted by Gasteiger charge is 2.25. The molecular formula is C24H24N6O4. The number of rotatable bonds is 7. The molecular weight excluding hydrogens is 436 g/mol. The molecule has 0 atom stereocenters. The molecule has 2 amide bonds. The lowest BCUT2D eigenvalue weighted by Gasteiger charge is -2.16. The summed E-state index contributed by atoms with van der Waals surface area (Å²) in [6.07, 6.45) is 5.45. The van der Waals surface area contributed by atoms with Gasteiger partial charge in [-0.25, -0.2) is 0 Å². The molecule has 10 nitrogen and oxygen atoms in total. The minimum absolute atomic E-state index is 0.145. The van der Waals surface area contributed by atoms with Crippen LogP contribution in [0.2, 0.25) is 0 Å². The van der Waals surface area contributed by atoms with Gasteiger partial charge in [0.2, 0.25) is 5.91 Å². The lowest BCUT2D eigenvalue weighted by molar-refractivity contribution is -0.389. The zero-order chi connectivity index (χ0) is 24.2. The highest BCUT2D eigenvalue weighted by molar-refractivity contribution is 5.99. The third kappa shape index (κ3) is 5.02. The van der Waals surface area contributed by atoms with E-state index in [4.69, 9.17) is 0 Å². The average molecular weight is 460 g/mol. The number of fused-ring (bicyclic) bond motifs is 1. The van der Waals surface area contributed by atoms with E-state index >= 15 is 0 Å². The van der Waals surface area contributed by atoms with Crippen molar-refractivity contribution in [1.82, 2.24) is 20.0 Å². The maximum atomic E-state index is 12.2. The maximum absolute atomic E-state index is 12.2. The zero-order valence-electron chi connectivity index (χ0n) is 18.8. The highest BCUT2D eigenvalue weighted by atomic mass is 16.6. The number of amides is 2. The minimum Gasteiger partial charge on any atom is -0.358 e. The molecule has 34 heavy (non-hydrogen) atoms. The maximum Gasteiger partial charge on any atom is 0.398 e. The molecule has 0 unspecified atom stereocenters. The number of anilines is 1. The quantitative estimate of drug-likeness (QED) is 0.318. The first-order valence-corrected chi connectivity index (χ1v) is 10.7. The van der Waals surface area contributed by atoms with Gasteiger partial charge in [0.05, 0.1) is 17.0 Å². The Morgan fingerprint density at radius 2 is 2.09 bits per heavy atom. The molecule has 2 heterocycles. The van der Waals surface area contributed by atoms with Gasteiger partial charge >= 0.3 is 5.82 Å². The second-order valence-corrected chi connectivity index (χ2v) is 8.15. The summed E-state index contributed by atoms with van der Waals surface area (Å²) in [7, 11) is 3.81. The van der Waals surface area contributed by atoms with Gasteiger partial charge in [0, 0.05) is 30.4 Å². The van der Waals surface area contributed by atoms with Gasteiger partial charge in [0.15, 0.2) is 0 Å². The normalized spacial score (nSPS) is 13.1. The summed E-state index contributed by atoms with van der Waals surface area (Å²) < 4.78 is 1.41. The number of nitro groups is 1. The van der Waals surface area contributed by atoms with Gasteiger partial charge in [-0.1, -0.05) is 18.2 Å². The third-order valence-corrected chi connectivity index (χ3v) is 5.33. The van der Waals surface area contributed by atoms with Crippen LogP contribution < -0.4 is 10.6 Å². The van der Waals surface area contributed by atoms with Crippen molar-refractivity contribution in [3.8, 4) is 16.8 Å². The van der Waals surface area contributed by atoms with E-state index in [1.54, 1.807) is 54.7 Å². The van der Waals surface area contributed by atoms with Crippen molar-refractivity contribution >= 4 is 23.3 Å². The molecule has 3 aromatic rings. The molecule has 4 rings (SSSR count). The van der Waals surface area contributed by atoms with Crippen LogP contribution in [0.5, 0.6) is 0 Å². The van der Waals surface area contributed by atoms with Crippen LogP contribution in [0.25, 0.3) is 16.8 Å². The highest BCUT2D eigenvalue weighted by Crippen LogP contribution is 2.32. The summed E-state index contributed by atoms with van der Waals surface area (Å²) in [4.78, 5) is 37.3. The Labute approximate surface area is 196 Å². The van der Waals surface area contributed by atoms with Crippen LogP contribution in [0.1, 0.15) is 15.9 Å². The lowest BCUT2D eigenvalue weighted by Crippen LogP contribution is -2.31. The van der Waals surface area contributed by atoms with Crippen molar-refractivity contribution in [3.05, 3.63) is 82.1 Å². The molecule has 0 spiro atoms. The smallest absolute Gasteiger partial charge is 0.358 e. The van der Waals surface area contributed by atoms with Gasteiger partial charge in [-0.3, -0.25) is 9.59 Å². The largest absolute Gasteiger partial charge is 0.398 e. The van der Waals surface area contributed by atoms with E-state index in [2.05, 4.69) is 15.7 Å². The number of benzene rings is 2. The zero-order valence-corrected chi connectivity index (χ0v) is 18.8. The fraction of sp³-hybridized carbons (Fsp3) is 0.208. The number of carbonyl (C=O) groups is 2. The van der Waals surface area contributed by atoms with Gasteiger partial charge in [-0.15, -0.1) is 4.68 Å². The molecule has 0 aliphatic carbocycles. The van der Waals surface area contributed by atoms with Crippen LogP contribution in [0.15, 0.2) is 60.8 Å². The summed E-state index contributed by atoms with van der Waals surface area (Å²) in [5.41, 5.74) is 3.48. The van der Waals surface area contributed by atoms with E-state index in [9.17, 15) is 19.7 Å². The number of nitrogens with one attached hydrogen (secondary N) is 2. The van der Waals surface area contributed by atoms with Crippen LogP contribution in [0, 0.1) is 10.1 Å². The minimum atomic E-state index is -0.529. The molecule has 0 bridgehead atoms. The summed E-state index contributed by atoms with van der Waals surface area (Å²) in [5.74, 6) is -0.709. The van der Waals surface area contributed by atoms with E-state index in [0.717, 1.165) is 5.56 Å². The molecule has 0 radical (unpaired) electrons. The van der Waals surface area contributed by atoms with Crippen LogP contribution >= 0.6 is 0 Å². The summed E-state index contributed by atoms with van der Waals surface area (Å²) in [6, 6.07) is 12.1. The fourth-order valence-electron chi connectivity index (χ4n) is 3.71. The van der Waals surface area contributed by atoms with Crippen LogP contribution in [-0.4, -0.2) is 58.6 Å². The molecule has 0 saturated heterocycles. The number of nitrogens with zero attached hydrogens (tertiary/aromatic N) is 4. The first-order chi connectivity index (χ1) is 16.3. The fourth-order valence-corrected chi connectivity index (χ4v) is 3.71. The second kappa shape index (κ2) is 9.67.